The van der Waals surface area contributed by atoms with E-state index in [-0.39, 0.29) is 24.1 Å². The maximum absolute atomic E-state index is 11.6. The first-order valence-corrected chi connectivity index (χ1v) is 5.48. The fourth-order valence-corrected chi connectivity index (χ4v) is 2.03. The zero-order valence-corrected chi connectivity index (χ0v) is 9.69. The zero-order valence-electron chi connectivity index (χ0n) is 9.69. The topological polar surface area (TPSA) is 67.6 Å². The van der Waals surface area contributed by atoms with Crippen LogP contribution in [0, 0.1) is 0 Å². The molecule has 0 spiro atoms. The predicted octanol–water partition coefficient (Wildman–Crippen LogP) is -0.136. The number of ether oxygens (including phenoxy) is 1. The molecule has 0 aliphatic carbocycles. The van der Waals surface area contributed by atoms with E-state index in [9.17, 15) is 4.79 Å². The molecule has 1 fully saturated rings. The van der Waals surface area contributed by atoms with Crippen molar-refractivity contribution in [1.82, 2.24) is 10.3 Å². The van der Waals surface area contributed by atoms with Gasteiger partial charge >= 0.3 is 0 Å². The average Bonchev–Trinajstić information content (AvgIpc) is 2.23. The lowest BCUT2D eigenvalue weighted by atomic mass is 10.1. The van der Waals surface area contributed by atoms with Crippen molar-refractivity contribution in [2.75, 3.05) is 13.2 Å². The van der Waals surface area contributed by atoms with Crippen molar-refractivity contribution >= 4 is 5.91 Å². The molecule has 0 aromatic carbocycles. The summed E-state index contributed by atoms with van der Waals surface area (Å²) in [5, 5.41) is 0. The quantitative estimate of drug-likeness (QED) is 0.391. The Morgan fingerprint density at radius 3 is 2.87 bits per heavy atom. The third kappa shape index (κ3) is 2.90. The molecule has 88 valence electrons. The molecule has 1 aliphatic rings. The van der Waals surface area contributed by atoms with E-state index in [1.165, 1.54) is 0 Å². The molecular formula is C10H21N3O2. The smallest absolute Gasteiger partial charge is 0.251 e. The molecule has 3 atom stereocenters. The molecule has 3 N–H and O–H groups in total. The van der Waals surface area contributed by atoms with E-state index in [4.69, 9.17) is 10.6 Å². The van der Waals surface area contributed by atoms with Gasteiger partial charge < -0.3 is 4.74 Å². The van der Waals surface area contributed by atoms with Crippen LogP contribution in [0.4, 0.5) is 0 Å². The summed E-state index contributed by atoms with van der Waals surface area (Å²) in [5.74, 6) is 5.07. The number of rotatable bonds is 3. The molecule has 1 rings (SSSR count). The van der Waals surface area contributed by atoms with Gasteiger partial charge in [0, 0.05) is 12.6 Å². The van der Waals surface area contributed by atoms with Crippen LogP contribution in [-0.2, 0) is 9.53 Å². The molecule has 15 heavy (non-hydrogen) atoms. The van der Waals surface area contributed by atoms with Crippen LogP contribution < -0.4 is 11.3 Å². The number of nitrogens with two attached hydrogens (primary N) is 1. The molecule has 0 saturated carbocycles. The Balaban J connectivity index is 2.68. The van der Waals surface area contributed by atoms with Crippen molar-refractivity contribution in [3.05, 3.63) is 0 Å². The standard InChI is InChI=1S/C10H21N3O2/c1-4-9(10(14)12-11)13-5-8(3)15-6-7(13)2/h7-9H,4-6,11H2,1-3H3,(H,12,14). The highest BCUT2D eigenvalue weighted by Gasteiger charge is 2.32. The average molecular weight is 215 g/mol. The van der Waals surface area contributed by atoms with E-state index in [1.54, 1.807) is 0 Å². The van der Waals surface area contributed by atoms with Crippen LogP contribution in [0.15, 0.2) is 0 Å². The minimum absolute atomic E-state index is 0.113. The number of carbonyl (C=O) groups excluding carboxylic acids is 1. The number of hydrogen-bond donors (Lipinski definition) is 2. The normalized spacial score (nSPS) is 29.9. The van der Waals surface area contributed by atoms with Gasteiger partial charge in [-0.25, -0.2) is 5.84 Å². The van der Waals surface area contributed by atoms with Crippen molar-refractivity contribution in [3.63, 3.8) is 0 Å². The first-order chi connectivity index (χ1) is 7.10. The highest BCUT2D eigenvalue weighted by atomic mass is 16.5. The zero-order chi connectivity index (χ0) is 11.4. The van der Waals surface area contributed by atoms with Gasteiger partial charge in [-0.15, -0.1) is 0 Å². The van der Waals surface area contributed by atoms with Gasteiger partial charge in [0.2, 0.25) is 0 Å². The predicted molar refractivity (Wildman–Crippen MR) is 58.0 cm³/mol. The largest absolute Gasteiger partial charge is 0.376 e. The van der Waals surface area contributed by atoms with Gasteiger partial charge in [0.25, 0.3) is 5.91 Å². The summed E-state index contributed by atoms with van der Waals surface area (Å²) in [7, 11) is 0. The summed E-state index contributed by atoms with van der Waals surface area (Å²) >= 11 is 0. The molecule has 0 aromatic rings. The second-order valence-electron chi connectivity index (χ2n) is 4.12. The number of morpholine rings is 1. The van der Waals surface area contributed by atoms with E-state index in [2.05, 4.69) is 17.2 Å². The summed E-state index contributed by atoms with van der Waals surface area (Å²) in [6.45, 7) is 7.54. The van der Waals surface area contributed by atoms with Crippen LogP contribution >= 0.6 is 0 Å². The lowest BCUT2D eigenvalue weighted by Gasteiger charge is -2.40. The maximum atomic E-state index is 11.6. The third-order valence-corrected chi connectivity index (χ3v) is 2.89. The van der Waals surface area contributed by atoms with Gasteiger partial charge in [0.15, 0.2) is 0 Å². The molecule has 0 bridgehead atoms. The minimum Gasteiger partial charge on any atom is -0.376 e. The lowest BCUT2D eigenvalue weighted by Crippen LogP contribution is -2.57. The Labute approximate surface area is 90.9 Å². The van der Waals surface area contributed by atoms with Gasteiger partial charge in [-0.05, 0) is 20.3 Å². The van der Waals surface area contributed by atoms with Crippen molar-refractivity contribution in [2.45, 2.75) is 45.4 Å². The summed E-state index contributed by atoms with van der Waals surface area (Å²) < 4.78 is 5.52. The Morgan fingerprint density at radius 1 is 1.67 bits per heavy atom. The van der Waals surface area contributed by atoms with Gasteiger partial charge in [0.1, 0.15) is 0 Å². The van der Waals surface area contributed by atoms with Crippen LogP contribution in [0.2, 0.25) is 0 Å². The second-order valence-corrected chi connectivity index (χ2v) is 4.12. The number of nitrogens with zero attached hydrogens (tertiary/aromatic N) is 1. The third-order valence-electron chi connectivity index (χ3n) is 2.89. The molecule has 5 nitrogen and oxygen atoms in total. The molecule has 0 radical (unpaired) electrons. The van der Waals surface area contributed by atoms with Crippen LogP contribution in [0.3, 0.4) is 0 Å². The maximum Gasteiger partial charge on any atom is 0.251 e. The van der Waals surface area contributed by atoms with Crippen LogP contribution in [0.1, 0.15) is 27.2 Å². The Bertz CT molecular complexity index is 223. The van der Waals surface area contributed by atoms with Crippen molar-refractivity contribution in [1.29, 1.82) is 0 Å². The second kappa shape index (κ2) is 5.44. The van der Waals surface area contributed by atoms with E-state index >= 15 is 0 Å². The number of amides is 1. The SMILES string of the molecule is CCC(C(=O)NN)N1CC(C)OCC1C. The number of hydrogen-bond acceptors (Lipinski definition) is 4. The van der Waals surface area contributed by atoms with Crippen LogP contribution in [0.5, 0.6) is 0 Å². The van der Waals surface area contributed by atoms with Crippen molar-refractivity contribution in [3.8, 4) is 0 Å². The molecule has 3 unspecified atom stereocenters. The first-order valence-electron chi connectivity index (χ1n) is 5.48. The Hall–Kier alpha value is -0.650. The Morgan fingerprint density at radius 2 is 2.33 bits per heavy atom. The monoisotopic (exact) mass is 215 g/mol. The van der Waals surface area contributed by atoms with Gasteiger partial charge in [-0.2, -0.15) is 0 Å². The molecule has 1 heterocycles. The molecule has 1 aliphatic heterocycles. The van der Waals surface area contributed by atoms with Crippen molar-refractivity contribution in [2.24, 2.45) is 5.84 Å². The molecule has 0 aromatic heterocycles. The van der Waals surface area contributed by atoms with Crippen molar-refractivity contribution < 1.29 is 9.53 Å². The molecular weight excluding hydrogens is 194 g/mol. The van der Waals surface area contributed by atoms with Crippen LogP contribution in [0.25, 0.3) is 0 Å². The molecule has 5 heteroatoms. The van der Waals surface area contributed by atoms with Gasteiger partial charge in [-0.3, -0.25) is 15.1 Å². The minimum atomic E-state index is -0.142. The molecule has 1 saturated heterocycles. The van der Waals surface area contributed by atoms with E-state index in [0.717, 1.165) is 13.0 Å². The van der Waals surface area contributed by atoms with E-state index in [1.807, 2.05) is 13.8 Å². The van der Waals surface area contributed by atoms with Crippen LogP contribution in [-0.4, -0.2) is 42.1 Å². The lowest BCUT2D eigenvalue weighted by molar-refractivity contribution is -0.133. The fourth-order valence-electron chi connectivity index (χ4n) is 2.03. The number of nitrogens with one attached hydrogen (secondary N) is 1. The molecule has 1 amide bonds. The van der Waals surface area contributed by atoms with Gasteiger partial charge in [0.05, 0.1) is 18.8 Å². The summed E-state index contributed by atoms with van der Waals surface area (Å²) in [6.07, 6.45) is 0.945. The summed E-state index contributed by atoms with van der Waals surface area (Å²) in [4.78, 5) is 13.7. The summed E-state index contributed by atoms with van der Waals surface area (Å²) in [6, 6.07) is 0.125. The number of carbonyl (C=O) groups is 1. The Kier molecular flexibility index (Phi) is 4.50. The van der Waals surface area contributed by atoms with E-state index < -0.39 is 0 Å². The highest BCUT2D eigenvalue weighted by molar-refractivity contribution is 5.81. The highest BCUT2D eigenvalue weighted by Crippen LogP contribution is 2.16. The first kappa shape index (κ1) is 12.4. The number of hydrazine groups is 1. The van der Waals surface area contributed by atoms with E-state index in [0.29, 0.717) is 6.61 Å². The fraction of sp³-hybridized carbons (Fsp3) is 0.900. The summed E-state index contributed by atoms with van der Waals surface area (Å²) in [5.41, 5.74) is 2.23. The van der Waals surface area contributed by atoms with Gasteiger partial charge in [-0.1, -0.05) is 6.92 Å².